The highest BCUT2D eigenvalue weighted by Gasteiger charge is 2.27. The molecular formula is C16H25NO3S. The largest absolute Gasteiger partial charge is 0.388 e. The number of sulfone groups is 1. The van der Waals surface area contributed by atoms with Gasteiger partial charge in [-0.1, -0.05) is 37.3 Å². The summed E-state index contributed by atoms with van der Waals surface area (Å²) in [5.41, 5.74) is 0.936. The van der Waals surface area contributed by atoms with Crippen LogP contribution < -0.4 is 0 Å². The maximum atomic E-state index is 11.6. The van der Waals surface area contributed by atoms with Gasteiger partial charge in [-0.25, -0.2) is 8.42 Å². The number of nitrogens with zero attached hydrogens (tertiary/aromatic N) is 1. The van der Waals surface area contributed by atoms with Gasteiger partial charge in [0.05, 0.1) is 11.9 Å². The quantitative estimate of drug-likeness (QED) is 0.837. The molecule has 118 valence electrons. The van der Waals surface area contributed by atoms with Crippen LogP contribution in [-0.2, 0) is 9.84 Å². The fourth-order valence-electron chi connectivity index (χ4n) is 2.93. The fraction of sp³-hybridized carbons (Fsp3) is 0.625. The summed E-state index contributed by atoms with van der Waals surface area (Å²) in [6, 6.07) is 9.95. The first-order valence-corrected chi connectivity index (χ1v) is 9.51. The van der Waals surface area contributed by atoms with Gasteiger partial charge in [-0.15, -0.1) is 0 Å². The molecule has 1 aliphatic heterocycles. The monoisotopic (exact) mass is 311 g/mol. The molecule has 1 heterocycles. The summed E-state index contributed by atoms with van der Waals surface area (Å²) < 4.78 is 23.3. The first kappa shape index (κ1) is 16.5. The molecule has 2 rings (SSSR count). The van der Waals surface area contributed by atoms with Crippen LogP contribution in [0.25, 0.3) is 0 Å². The molecule has 2 unspecified atom stereocenters. The maximum absolute atomic E-state index is 11.6. The maximum Gasteiger partial charge on any atom is 0.151 e. The summed E-state index contributed by atoms with van der Waals surface area (Å²) in [5, 5.41) is 10.3. The summed E-state index contributed by atoms with van der Waals surface area (Å²) in [4.78, 5) is 2.22. The van der Waals surface area contributed by atoms with Gasteiger partial charge in [-0.3, -0.25) is 4.90 Å². The van der Waals surface area contributed by atoms with Crippen molar-refractivity contribution in [2.75, 3.05) is 24.6 Å². The normalized spacial score (nSPS) is 21.5. The predicted octanol–water partition coefficient (Wildman–Crippen LogP) is 2.01. The fourth-order valence-corrected chi connectivity index (χ4v) is 3.73. The molecule has 0 aliphatic carbocycles. The van der Waals surface area contributed by atoms with E-state index in [1.54, 1.807) is 6.92 Å². The van der Waals surface area contributed by atoms with Crippen molar-refractivity contribution in [1.29, 1.82) is 0 Å². The van der Waals surface area contributed by atoms with Gasteiger partial charge in [-0.2, -0.15) is 0 Å². The van der Waals surface area contributed by atoms with Crippen molar-refractivity contribution >= 4 is 9.84 Å². The summed E-state index contributed by atoms with van der Waals surface area (Å²) >= 11 is 0. The zero-order chi connectivity index (χ0) is 15.3. The lowest BCUT2D eigenvalue weighted by molar-refractivity contribution is 0.123. The Balaban J connectivity index is 1.90. The molecule has 1 saturated heterocycles. The average Bonchev–Trinajstić information content (AvgIpc) is 2.93. The van der Waals surface area contributed by atoms with Crippen molar-refractivity contribution in [1.82, 2.24) is 4.90 Å². The van der Waals surface area contributed by atoms with Crippen molar-refractivity contribution in [3.63, 3.8) is 0 Å². The SMILES string of the molecule is CCS(=O)(=O)CCN1CCCC1CC(O)c1ccccc1. The van der Waals surface area contributed by atoms with Gasteiger partial charge < -0.3 is 5.11 Å². The van der Waals surface area contributed by atoms with E-state index in [0.717, 1.165) is 24.9 Å². The predicted molar refractivity (Wildman–Crippen MR) is 84.9 cm³/mol. The van der Waals surface area contributed by atoms with E-state index in [0.29, 0.717) is 13.0 Å². The molecule has 1 aliphatic rings. The molecular weight excluding hydrogens is 286 g/mol. The van der Waals surface area contributed by atoms with Gasteiger partial charge in [0.1, 0.15) is 0 Å². The molecule has 0 spiro atoms. The Labute approximate surface area is 127 Å². The Morgan fingerprint density at radius 1 is 1.33 bits per heavy atom. The van der Waals surface area contributed by atoms with Crippen LogP contribution in [0.2, 0.25) is 0 Å². The standard InChI is InChI=1S/C16H25NO3S/c1-2-21(19,20)12-11-17-10-6-9-15(17)13-16(18)14-7-4-3-5-8-14/h3-5,7-8,15-16,18H,2,6,9-13H2,1H3. The van der Waals surface area contributed by atoms with Gasteiger partial charge in [0.15, 0.2) is 9.84 Å². The minimum Gasteiger partial charge on any atom is -0.388 e. The number of hydrogen-bond donors (Lipinski definition) is 1. The number of rotatable bonds is 7. The van der Waals surface area contributed by atoms with Crippen molar-refractivity contribution < 1.29 is 13.5 Å². The lowest BCUT2D eigenvalue weighted by Crippen LogP contribution is -2.35. The molecule has 0 radical (unpaired) electrons. The second-order valence-corrected chi connectivity index (χ2v) is 8.20. The molecule has 0 aromatic heterocycles. The third-order valence-electron chi connectivity index (χ3n) is 4.31. The Bertz CT molecular complexity index is 530. The molecule has 1 aromatic carbocycles. The van der Waals surface area contributed by atoms with Crippen LogP contribution in [-0.4, -0.2) is 49.1 Å². The zero-order valence-electron chi connectivity index (χ0n) is 12.6. The first-order valence-electron chi connectivity index (χ1n) is 7.69. The summed E-state index contributed by atoms with van der Waals surface area (Å²) in [7, 11) is -2.92. The van der Waals surface area contributed by atoms with Gasteiger partial charge in [0, 0.05) is 18.3 Å². The van der Waals surface area contributed by atoms with Crippen LogP contribution in [0, 0.1) is 0 Å². The van der Waals surface area contributed by atoms with Gasteiger partial charge in [0.2, 0.25) is 0 Å². The summed E-state index contributed by atoms with van der Waals surface area (Å²) in [6.07, 6.45) is 2.32. The second-order valence-electron chi connectivity index (χ2n) is 5.73. The third-order valence-corrected chi connectivity index (χ3v) is 5.99. The van der Waals surface area contributed by atoms with Crippen LogP contribution >= 0.6 is 0 Å². The molecule has 0 saturated carbocycles. The van der Waals surface area contributed by atoms with Crippen LogP contribution in [0.15, 0.2) is 30.3 Å². The molecule has 1 aromatic rings. The van der Waals surface area contributed by atoms with Crippen LogP contribution in [0.5, 0.6) is 0 Å². The minimum absolute atomic E-state index is 0.206. The highest BCUT2D eigenvalue weighted by molar-refractivity contribution is 7.91. The molecule has 0 amide bonds. The number of aliphatic hydroxyl groups is 1. The smallest absolute Gasteiger partial charge is 0.151 e. The van der Waals surface area contributed by atoms with Crippen molar-refractivity contribution in [2.45, 2.75) is 38.3 Å². The number of hydrogen-bond acceptors (Lipinski definition) is 4. The average molecular weight is 311 g/mol. The summed E-state index contributed by atoms with van der Waals surface area (Å²) in [6.45, 7) is 3.21. The van der Waals surface area contributed by atoms with E-state index in [1.165, 1.54) is 0 Å². The van der Waals surface area contributed by atoms with Crippen LogP contribution in [0.1, 0.15) is 37.9 Å². The second kappa shape index (κ2) is 7.38. The number of aliphatic hydroxyl groups excluding tert-OH is 1. The van der Waals surface area contributed by atoms with Crippen molar-refractivity contribution in [3.05, 3.63) is 35.9 Å². The lowest BCUT2D eigenvalue weighted by atomic mass is 10.0. The van der Waals surface area contributed by atoms with E-state index in [9.17, 15) is 13.5 Å². The topological polar surface area (TPSA) is 57.6 Å². The van der Waals surface area contributed by atoms with Crippen molar-refractivity contribution in [2.24, 2.45) is 0 Å². The van der Waals surface area contributed by atoms with E-state index in [1.807, 2.05) is 30.3 Å². The molecule has 2 atom stereocenters. The molecule has 1 N–H and O–H groups in total. The molecule has 1 fully saturated rings. The molecule has 0 bridgehead atoms. The van der Waals surface area contributed by atoms with Crippen molar-refractivity contribution in [3.8, 4) is 0 Å². The molecule has 21 heavy (non-hydrogen) atoms. The van der Waals surface area contributed by atoms with Gasteiger partial charge in [0.25, 0.3) is 0 Å². The highest BCUT2D eigenvalue weighted by Crippen LogP contribution is 2.27. The molecule has 4 nitrogen and oxygen atoms in total. The van der Waals surface area contributed by atoms with Crippen LogP contribution in [0.3, 0.4) is 0 Å². The Kier molecular flexibility index (Phi) is 5.79. The van der Waals surface area contributed by atoms with E-state index in [2.05, 4.69) is 4.90 Å². The summed E-state index contributed by atoms with van der Waals surface area (Å²) in [5.74, 6) is 0.430. The zero-order valence-corrected chi connectivity index (χ0v) is 13.4. The number of benzene rings is 1. The molecule has 5 heteroatoms. The Morgan fingerprint density at radius 3 is 2.71 bits per heavy atom. The Morgan fingerprint density at radius 2 is 2.05 bits per heavy atom. The van der Waals surface area contributed by atoms with E-state index >= 15 is 0 Å². The van der Waals surface area contributed by atoms with Crippen LogP contribution in [0.4, 0.5) is 0 Å². The van der Waals surface area contributed by atoms with E-state index < -0.39 is 15.9 Å². The minimum atomic E-state index is -2.92. The third kappa shape index (κ3) is 4.80. The lowest BCUT2D eigenvalue weighted by Gasteiger charge is -2.26. The van der Waals surface area contributed by atoms with E-state index in [4.69, 9.17) is 0 Å². The van der Waals surface area contributed by atoms with E-state index in [-0.39, 0.29) is 17.5 Å². The van der Waals surface area contributed by atoms with Gasteiger partial charge >= 0.3 is 0 Å². The first-order chi connectivity index (χ1) is 10.0. The number of likely N-dealkylation sites (tertiary alicyclic amines) is 1. The van der Waals surface area contributed by atoms with Gasteiger partial charge in [-0.05, 0) is 31.4 Å². The Hall–Kier alpha value is -0.910. The highest BCUT2D eigenvalue weighted by atomic mass is 32.2.